The van der Waals surface area contributed by atoms with E-state index < -0.39 is 0 Å². The lowest BCUT2D eigenvalue weighted by atomic mass is 9.90. The molecule has 0 radical (unpaired) electrons. The fourth-order valence-electron chi connectivity index (χ4n) is 3.59. The number of nitrogens with one attached hydrogen (secondary N) is 1. The van der Waals surface area contributed by atoms with Crippen molar-refractivity contribution >= 4 is 17.3 Å². The molecule has 1 saturated carbocycles. The van der Waals surface area contributed by atoms with Gasteiger partial charge < -0.3 is 10.2 Å². The Labute approximate surface area is 127 Å². The Morgan fingerprint density at radius 2 is 1.71 bits per heavy atom. The Bertz CT molecular complexity index is 478. The molecule has 1 aromatic rings. The van der Waals surface area contributed by atoms with E-state index in [4.69, 9.17) is 0 Å². The summed E-state index contributed by atoms with van der Waals surface area (Å²) in [4.78, 5) is 15.1. The standard InChI is InChI=1S/C18H26N2O/c21-18(15-9-4-2-1-3-5-10-15)20-14-8-13-19-16-11-6-7-12-17(16)20/h6-7,11-12,15,19H,1-5,8-10,13-14H2. The highest BCUT2D eigenvalue weighted by atomic mass is 16.2. The summed E-state index contributed by atoms with van der Waals surface area (Å²) < 4.78 is 0. The number of hydrogen-bond donors (Lipinski definition) is 1. The van der Waals surface area contributed by atoms with Gasteiger partial charge in [-0.1, -0.05) is 44.2 Å². The normalized spacial score (nSPS) is 20.7. The molecular formula is C18H26N2O. The van der Waals surface area contributed by atoms with Gasteiger partial charge in [0, 0.05) is 19.0 Å². The third-order valence-electron chi connectivity index (χ3n) is 4.79. The van der Waals surface area contributed by atoms with Crippen LogP contribution in [0.4, 0.5) is 11.4 Å². The monoisotopic (exact) mass is 286 g/mol. The Hall–Kier alpha value is -1.51. The Morgan fingerprint density at radius 3 is 2.52 bits per heavy atom. The highest BCUT2D eigenvalue weighted by Gasteiger charge is 2.27. The molecule has 3 rings (SSSR count). The van der Waals surface area contributed by atoms with Gasteiger partial charge in [-0.15, -0.1) is 0 Å². The molecule has 1 aliphatic heterocycles. The number of carbonyl (C=O) groups is 1. The number of carbonyl (C=O) groups excluding carboxylic acids is 1. The average molecular weight is 286 g/mol. The van der Waals surface area contributed by atoms with Crippen molar-refractivity contribution in [3.05, 3.63) is 24.3 Å². The molecule has 1 amide bonds. The summed E-state index contributed by atoms with van der Waals surface area (Å²) in [5.41, 5.74) is 2.18. The lowest BCUT2D eigenvalue weighted by Crippen LogP contribution is -2.37. The number of anilines is 2. The van der Waals surface area contributed by atoms with Crippen molar-refractivity contribution in [1.82, 2.24) is 0 Å². The maximum atomic E-state index is 13.0. The zero-order valence-corrected chi connectivity index (χ0v) is 12.8. The van der Waals surface area contributed by atoms with E-state index in [2.05, 4.69) is 17.4 Å². The van der Waals surface area contributed by atoms with Crippen LogP contribution in [-0.4, -0.2) is 19.0 Å². The van der Waals surface area contributed by atoms with Gasteiger partial charge in [-0.3, -0.25) is 4.79 Å². The first kappa shape index (κ1) is 14.4. The molecular weight excluding hydrogens is 260 g/mol. The van der Waals surface area contributed by atoms with Crippen LogP contribution in [0, 0.1) is 5.92 Å². The Balaban J connectivity index is 1.79. The molecule has 114 valence electrons. The largest absolute Gasteiger partial charge is 0.383 e. The number of benzene rings is 1. The second kappa shape index (κ2) is 6.97. The van der Waals surface area contributed by atoms with E-state index in [-0.39, 0.29) is 5.92 Å². The van der Waals surface area contributed by atoms with Crippen molar-refractivity contribution in [2.75, 3.05) is 23.3 Å². The zero-order valence-electron chi connectivity index (χ0n) is 12.8. The third-order valence-corrected chi connectivity index (χ3v) is 4.79. The van der Waals surface area contributed by atoms with E-state index in [1.165, 1.54) is 32.1 Å². The summed E-state index contributed by atoms with van der Waals surface area (Å²) in [7, 11) is 0. The number of para-hydroxylation sites is 2. The molecule has 0 atom stereocenters. The summed E-state index contributed by atoms with van der Waals surface area (Å²) in [6.45, 7) is 1.80. The maximum absolute atomic E-state index is 13.0. The minimum atomic E-state index is 0.233. The topological polar surface area (TPSA) is 32.3 Å². The van der Waals surface area contributed by atoms with Gasteiger partial charge in [-0.05, 0) is 31.4 Å². The lowest BCUT2D eigenvalue weighted by molar-refractivity contribution is -0.123. The molecule has 0 unspecified atom stereocenters. The molecule has 1 aromatic carbocycles. The van der Waals surface area contributed by atoms with Gasteiger partial charge in [0.15, 0.2) is 0 Å². The predicted molar refractivity (Wildman–Crippen MR) is 87.7 cm³/mol. The minimum absolute atomic E-state index is 0.233. The van der Waals surface area contributed by atoms with Crippen LogP contribution in [0.5, 0.6) is 0 Å². The SMILES string of the molecule is O=C(C1CCCCCCC1)N1CCCNc2ccccc21. The van der Waals surface area contributed by atoms with Crippen molar-refractivity contribution in [3.63, 3.8) is 0 Å². The molecule has 0 aromatic heterocycles. The second-order valence-corrected chi connectivity index (χ2v) is 6.33. The van der Waals surface area contributed by atoms with Crippen LogP contribution >= 0.6 is 0 Å². The van der Waals surface area contributed by atoms with Crippen LogP contribution in [0.25, 0.3) is 0 Å². The van der Waals surface area contributed by atoms with Crippen LogP contribution in [0.2, 0.25) is 0 Å². The lowest BCUT2D eigenvalue weighted by Gasteiger charge is -2.28. The molecule has 0 bridgehead atoms. The van der Waals surface area contributed by atoms with Crippen LogP contribution < -0.4 is 10.2 Å². The highest BCUT2D eigenvalue weighted by molar-refractivity contribution is 5.98. The summed E-state index contributed by atoms with van der Waals surface area (Å²) >= 11 is 0. The van der Waals surface area contributed by atoms with E-state index in [0.29, 0.717) is 5.91 Å². The first-order valence-electron chi connectivity index (χ1n) is 8.50. The fourth-order valence-corrected chi connectivity index (χ4v) is 3.59. The van der Waals surface area contributed by atoms with Crippen LogP contribution in [-0.2, 0) is 4.79 Å². The molecule has 1 aliphatic carbocycles. The van der Waals surface area contributed by atoms with Crippen LogP contribution in [0.1, 0.15) is 51.4 Å². The van der Waals surface area contributed by atoms with Crippen molar-refractivity contribution in [2.24, 2.45) is 5.92 Å². The smallest absolute Gasteiger partial charge is 0.230 e. The first-order chi connectivity index (χ1) is 10.4. The van der Waals surface area contributed by atoms with E-state index in [1.54, 1.807) is 0 Å². The van der Waals surface area contributed by atoms with Gasteiger partial charge in [0.25, 0.3) is 0 Å². The van der Waals surface area contributed by atoms with Crippen LogP contribution in [0.15, 0.2) is 24.3 Å². The third kappa shape index (κ3) is 3.39. The van der Waals surface area contributed by atoms with E-state index >= 15 is 0 Å². The van der Waals surface area contributed by atoms with Gasteiger partial charge in [0.2, 0.25) is 5.91 Å². The Kier molecular flexibility index (Phi) is 4.79. The van der Waals surface area contributed by atoms with E-state index in [1.807, 2.05) is 17.0 Å². The molecule has 0 spiro atoms. The summed E-state index contributed by atoms with van der Waals surface area (Å²) in [6.07, 6.45) is 9.53. The van der Waals surface area contributed by atoms with Gasteiger partial charge in [-0.2, -0.15) is 0 Å². The molecule has 2 aliphatic rings. The van der Waals surface area contributed by atoms with Gasteiger partial charge in [0.1, 0.15) is 0 Å². The quantitative estimate of drug-likeness (QED) is 0.839. The molecule has 1 fully saturated rings. The predicted octanol–water partition coefficient (Wildman–Crippen LogP) is 4.20. The number of fused-ring (bicyclic) bond motifs is 1. The van der Waals surface area contributed by atoms with Crippen molar-refractivity contribution < 1.29 is 4.79 Å². The fraction of sp³-hybridized carbons (Fsp3) is 0.611. The molecule has 0 saturated heterocycles. The maximum Gasteiger partial charge on any atom is 0.230 e. The molecule has 21 heavy (non-hydrogen) atoms. The van der Waals surface area contributed by atoms with E-state index in [0.717, 1.165) is 43.7 Å². The van der Waals surface area contributed by atoms with Gasteiger partial charge >= 0.3 is 0 Å². The summed E-state index contributed by atoms with van der Waals surface area (Å²) in [6, 6.07) is 8.23. The number of rotatable bonds is 1. The van der Waals surface area contributed by atoms with Crippen molar-refractivity contribution in [1.29, 1.82) is 0 Å². The zero-order chi connectivity index (χ0) is 14.5. The molecule has 3 heteroatoms. The summed E-state index contributed by atoms with van der Waals surface area (Å²) in [5, 5.41) is 3.44. The average Bonchev–Trinajstić information content (AvgIpc) is 2.68. The number of hydrogen-bond acceptors (Lipinski definition) is 2. The minimum Gasteiger partial charge on any atom is -0.383 e. The van der Waals surface area contributed by atoms with Crippen LogP contribution in [0.3, 0.4) is 0 Å². The molecule has 3 nitrogen and oxygen atoms in total. The second-order valence-electron chi connectivity index (χ2n) is 6.33. The number of amides is 1. The summed E-state index contributed by atoms with van der Waals surface area (Å²) in [5.74, 6) is 0.588. The molecule has 1 heterocycles. The van der Waals surface area contributed by atoms with Gasteiger partial charge in [-0.25, -0.2) is 0 Å². The van der Waals surface area contributed by atoms with E-state index in [9.17, 15) is 4.79 Å². The van der Waals surface area contributed by atoms with Gasteiger partial charge in [0.05, 0.1) is 11.4 Å². The van der Waals surface area contributed by atoms with Crippen molar-refractivity contribution in [2.45, 2.75) is 51.4 Å². The first-order valence-corrected chi connectivity index (χ1v) is 8.50. The number of nitrogens with zero attached hydrogens (tertiary/aromatic N) is 1. The Morgan fingerprint density at radius 1 is 1.00 bits per heavy atom. The molecule has 1 N–H and O–H groups in total. The highest BCUT2D eigenvalue weighted by Crippen LogP contribution is 2.31. The van der Waals surface area contributed by atoms with Crippen molar-refractivity contribution in [3.8, 4) is 0 Å².